The average molecular weight is 335 g/mol. The number of hydrazone groups is 1. The molecule has 124 valence electrons. The molecule has 2 atom stereocenters. The Morgan fingerprint density at radius 3 is 2.87 bits per heavy atom. The Labute approximate surface area is 139 Å². The number of rotatable bonds is 4. The fourth-order valence-electron chi connectivity index (χ4n) is 2.65. The molecule has 2 N–H and O–H groups in total. The molecule has 0 unspecified atom stereocenters. The molecule has 2 rings (SSSR count). The van der Waals surface area contributed by atoms with Crippen LogP contribution in [0.3, 0.4) is 0 Å². The highest BCUT2D eigenvalue weighted by Gasteiger charge is 2.21. The van der Waals surface area contributed by atoms with Crippen LogP contribution >= 0.6 is 12.2 Å². The number of nitrogens with one attached hydrogen (secondary N) is 2. The van der Waals surface area contributed by atoms with Gasteiger partial charge in [-0.1, -0.05) is 31.9 Å². The van der Waals surface area contributed by atoms with Crippen LogP contribution in [0, 0.1) is 16.0 Å². The smallest absolute Gasteiger partial charge is 0.262 e. The van der Waals surface area contributed by atoms with Crippen LogP contribution in [0.5, 0.6) is 5.75 Å². The summed E-state index contributed by atoms with van der Waals surface area (Å²) in [4.78, 5) is 10.0. The summed E-state index contributed by atoms with van der Waals surface area (Å²) >= 11 is 5.20. The van der Waals surface area contributed by atoms with Gasteiger partial charge < -0.3 is 10.4 Å². The second kappa shape index (κ2) is 7.87. The first-order chi connectivity index (χ1) is 11.0. The first-order valence-electron chi connectivity index (χ1n) is 7.52. The number of thiocarbonyl (C=S) groups is 1. The van der Waals surface area contributed by atoms with Crippen LogP contribution in [0.1, 0.15) is 38.2 Å². The Kier molecular flexibility index (Phi) is 5.86. The van der Waals surface area contributed by atoms with Crippen molar-refractivity contribution in [1.29, 1.82) is 0 Å². The van der Waals surface area contributed by atoms with Crippen molar-refractivity contribution >= 4 is 29.2 Å². The van der Waals surface area contributed by atoms with Crippen molar-refractivity contribution in [3.8, 4) is 5.75 Å². The summed E-state index contributed by atoms with van der Waals surface area (Å²) in [5.74, 6) is -0.0525. The van der Waals surface area contributed by atoms with Gasteiger partial charge in [-0.25, -0.2) is 0 Å². The third-order valence-electron chi connectivity index (χ3n) is 3.99. The summed E-state index contributed by atoms with van der Waals surface area (Å²) in [6, 6.07) is 4.16. The summed E-state index contributed by atoms with van der Waals surface area (Å²) in [5.41, 5.74) is 2.69. The highest BCUT2D eigenvalue weighted by atomic mass is 32.1. The van der Waals surface area contributed by atoms with E-state index in [0.29, 0.717) is 22.6 Å². The highest BCUT2D eigenvalue weighted by molar-refractivity contribution is 7.80. The number of hydrogen-bond donors (Lipinski definition) is 2. The normalized spacial score (nSPS) is 21.1. The molecule has 0 bridgehead atoms. The van der Waals surface area contributed by atoms with E-state index in [-0.39, 0.29) is 0 Å². The zero-order valence-corrected chi connectivity index (χ0v) is 13.6. The van der Waals surface area contributed by atoms with Gasteiger partial charge in [-0.3, -0.25) is 15.5 Å². The van der Waals surface area contributed by atoms with E-state index in [9.17, 15) is 15.2 Å². The van der Waals surface area contributed by atoms with Crippen LogP contribution in [0.15, 0.2) is 23.3 Å². The number of benzene rings is 1. The average Bonchev–Trinajstić information content (AvgIpc) is 2.51. The van der Waals surface area contributed by atoms with E-state index in [1.807, 2.05) is 0 Å². The highest BCUT2D eigenvalue weighted by Crippen LogP contribution is 2.24. The maximum atomic E-state index is 11.3. The van der Waals surface area contributed by atoms with E-state index in [2.05, 4.69) is 22.8 Å². The molecule has 0 radical (unpaired) electrons. The van der Waals surface area contributed by atoms with E-state index in [4.69, 9.17) is 12.2 Å². The van der Waals surface area contributed by atoms with E-state index >= 15 is 0 Å². The van der Waals surface area contributed by atoms with Gasteiger partial charge in [-0.2, -0.15) is 5.10 Å². The van der Waals surface area contributed by atoms with Gasteiger partial charge in [-0.05, 0) is 36.7 Å². The molecule has 1 aliphatic rings. The minimum atomic E-state index is -0.705. The minimum absolute atomic E-state index is 0.347. The van der Waals surface area contributed by atoms with Crippen LogP contribution in [-0.2, 0) is 0 Å². The van der Waals surface area contributed by atoms with Gasteiger partial charge in [0.25, 0.3) is 5.69 Å². The molecule has 1 aromatic rings. The lowest BCUT2D eigenvalue weighted by Gasteiger charge is -2.30. The Morgan fingerprint density at radius 1 is 1.43 bits per heavy atom. The molecule has 0 spiro atoms. The van der Waals surface area contributed by atoms with Crippen molar-refractivity contribution in [3.63, 3.8) is 0 Å². The quantitative estimate of drug-likeness (QED) is 0.378. The second-order valence-corrected chi connectivity index (χ2v) is 6.10. The van der Waals surface area contributed by atoms with E-state index in [1.54, 1.807) is 0 Å². The Morgan fingerprint density at radius 2 is 2.17 bits per heavy atom. The van der Waals surface area contributed by atoms with E-state index < -0.39 is 16.4 Å². The largest absolute Gasteiger partial charge is 0.868 e. The van der Waals surface area contributed by atoms with Gasteiger partial charge >= 0.3 is 0 Å². The maximum absolute atomic E-state index is 11.3. The third-order valence-corrected chi connectivity index (χ3v) is 4.20. The van der Waals surface area contributed by atoms with Gasteiger partial charge in [-0.15, -0.1) is 0 Å². The van der Waals surface area contributed by atoms with Crippen LogP contribution in [0.4, 0.5) is 5.69 Å². The third kappa shape index (κ3) is 4.88. The maximum Gasteiger partial charge on any atom is 0.262 e. The number of nitro groups is 1. The molecule has 1 aliphatic carbocycles. The van der Waals surface area contributed by atoms with Crippen LogP contribution in [0.2, 0.25) is 0 Å². The van der Waals surface area contributed by atoms with Crippen molar-refractivity contribution in [2.24, 2.45) is 11.0 Å². The molecule has 8 heteroatoms. The Balaban J connectivity index is 1.89. The summed E-state index contributed by atoms with van der Waals surface area (Å²) in [5, 5.41) is 29.7. The van der Waals surface area contributed by atoms with Crippen LogP contribution in [0.25, 0.3) is 0 Å². The lowest BCUT2D eigenvalue weighted by Crippen LogP contribution is -2.44. The summed E-state index contributed by atoms with van der Waals surface area (Å²) in [6.07, 6.45) is 6.12. The number of hydrogen-bond acceptors (Lipinski definition) is 5. The molecule has 0 aliphatic heterocycles. The van der Waals surface area contributed by atoms with E-state index in [0.717, 1.165) is 12.5 Å². The summed E-state index contributed by atoms with van der Waals surface area (Å²) < 4.78 is 0. The van der Waals surface area contributed by atoms with Crippen molar-refractivity contribution in [2.45, 2.75) is 38.6 Å². The predicted octanol–water partition coefficient (Wildman–Crippen LogP) is 2.05. The standard InChI is InChI=1S/C15H20N4O3S/c1-10-4-2-3-5-12(10)17-15(23)18-16-9-11-6-7-14(20)13(8-11)19(21)22/h6-10,12,20H,2-5H2,1H3,(H2,17,18,23)/p-1/b16-9-/t10-,12+/m1/s1. The van der Waals surface area contributed by atoms with Crippen molar-refractivity contribution in [3.05, 3.63) is 33.9 Å². The lowest BCUT2D eigenvalue weighted by molar-refractivity contribution is -0.398. The van der Waals surface area contributed by atoms with Crippen LogP contribution in [-0.4, -0.2) is 22.3 Å². The summed E-state index contributed by atoms with van der Waals surface area (Å²) in [6.45, 7) is 2.20. The second-order valence-electron chi connectivity index (χ2n) is 5.70. The number of nitrogens with zero attached hydrogens (tertiary/aromatic N) is 2. The zero-order chi connectivity index (χ0) is 16.8. The molecule has 1 aromatic carbocycles. The molecular weight excluding hydrogens is 316 g/mol. The molecule has 1 saturated carbocycles. The Hall–Kier alpha value is -2.22. The van der Waals surface area contributed by atoms with Gasteiger partial charge in [0.15, 0.2) is 5.11 Å². The molecular formula is C15H19N4O3S-. The van der Waals surface area contributed by atoms with Gasteiger partial charge in [0.2, 0.25) is 0 Å². The molecule has 23 heavy (non-hydrogen) atoms. The zero-order valence-electron chi connectivity index (χ0n) is 12.8. The SMILES string of the molecule is C[C@@H]1CCCC[C@@H]1NC(=S)N/N=C\c1ccc([O-])c([N+](=O)[O-])c1. The van der Waals surface area contributed by atoms with Gasteiger partial charge in [0.1, 0.15) is 0 Å². The van der Waals surface area contributed by atoms with E-state index in [1.165, 1.54) is 37.6 Å². The Bertz CT molecular complexity index is 621. The molecule has 0 aromatic heterocycles. The van der Waals surface area contributed by atoms with Gasteiger partial charge in [0.05, 0.1) is 11.1 Å². The van der Waals surface area contributed by atoms with Crippen molar-refractivity contribution < 1.29 is 10.0 Å². The molecule has 7 nitrogen and oxygen atoms in total. The minimum Gasteiger partial charge on any atom is -0.868 e. The molecule has 1 fully saturated rings. The first kappa shape index (κ1) is 17.1. The van der Waals surface area contributed by atoms with Crippen molar-refractivity contribution in [2.75, 3.05) is 0 Å². The molecule has 0 amide bonds. The monoisotopic (exact) mass is 335 g/mol. The summed E-state index contributed by atoms with van der Waals surface area (Å²) in [7, 11) is 0. The lowest BCUT2D eigenvalue weighted by atomic mass is 9.86. The fourth-order valence-corrected chi connectivity index (χ4v) is 2.86. The fraction of sp³-hybridized carbons (Fsp3) is 0.467. The van der Waals surface area contributed by atoms with Gasteiger partial charge in [0, 0.05) is 17.7 Å². The predicted molar refractivity (Wildman–Crippen MR) is 90.4 cm³/mol. The first-order valence-corrected chi connectivity index (χ1v) is 7.93. The molecule has 0 heterocycles. The topological polar surface area (TPSA) is 103 Å². The number of nitro benzene ring substituents is 1. The van der Waals surface area contributed by atoms with Crippen LogP contribution < -0.4 is 15.8 Å². The molecule has 0 saturated heterocycles. The van der Waals surface area contributed by atoms with Crippen molar-refractivity contribution in [1.82, 2.24) is 10.7 Å².